The Hall–Kier alpha value is -2.67. The van der Waals surface area contributed by atoms with Crippen LogP contribution in [0.5, 0.6) is 11.5 Å². The third kappa shape index (κ3) is 6.21. The fraction of sp³-hybridized carbons (Fsp3) is 0.450. The average molecular weight is 373 g/mol. The molecule has 1 atom stereocenters. The van der Waals surface area contributed by atoms with Gasteiger partial charge in [0.2, 0.25) is 0 Å². The molecule has 0 spiro atoms. The van der Waals surface area contributed by atoms with E-state index in [0.29, 0.717) is 26.4 Å². The summed E-state index contributed by atoms with van der Waals surface area (Å²) in [5.41, 5.74) is 0. The van der Waals surface area contributed by atoms with Gasteiger partial charge in [0.05, 0.1) is 12.8 Å². The number of furan rings is 1. The molecule has 146 valence electrons. The van der Waals surface area contributed by atoms with Crippen molar-refractivity contribution < 1.29 is 18.6 Å². The summed E-state index contributed by atoms with van der Waals surface area (Å²) in [6.45, 7) is 5.80. The minimum atomic E-state index is -0.0908. The maximum absolute atomic E-state index is 5.94. The highest BCUT2D eigenvalue weighted by atomic mass is 16.6. The predicted molar refractivity (Wildman–Crippen MR) is 103 cm³/mol. The molecule has 1 unspecified atom stereocenters. The summed E-state index contributed by atoms with van der Waals surface area (Å²) < 4.78 is 22.5. The zero-order chi connectivity index (χ0) is 18.7. The van der Waals surface area contributed by atoms with Crippen molar-refractivity contribution >= 4 is 5.96 Å². The number of nitrogens with one attached hydrogen (secondary N) is 2. The Morgan fingerprint density at radius 3 is 2.89 bits per heavy atom. The molecule has 1 aliphatic heterocycles. The highest BCUT2D eigenvalue weighted by molar-refractivity contribution is 5.79. The van der Waals surface area contributed by atoms with E-state index in [2.05, 4.69) is 15.6 Å². The first kappa shape index (κ1) is 19.1. The Labute approximate surface area is 159 Å². The Kier molecular flexibility index (Phi) is 7.41. The van der Waals surface area contributed by atoms with Crippen molar-refractivity contribution in [2.24, 2.45) is 4.99 Å². The molecule has 0 saturated heterocycles. The van der Waals surface area contributed by atoms with Gasteiger partial charge >= 0.3 is 0 Å². The van der Waals surface area contributed by atoms with Crippen LogP contribution in [0.2, 0.25) is 0 Å². The van der Waals surface area contributed by atoms with Gasteiger partial charge in [-0.3, -0.25) is 0 Å². The number of rotatable bonds is 9. The van der Waals surface area contributed by atoms with Crippen molar-refractivity contribution in [2.75, 3.05) is 32.8 Å². The molecule has 0 radical (unpaired) electrons. The van der Waals surface area contributed by atoms with Crippen LogP contribution in [-0.4, -0.2) is 44.9 Å². The van der Waals surface area contributed by atoms with Gasteiger partial charge in [-0.2, -0.15) is 0 Å². The van der Waals surface area contributed by atoms with E-state index in [1.807, 2.05) is 43.3 Å². The molecule has 1 aromatic carbocycles. The molecule has 0 fully saturated rings. The van der Waals surface area contributed by atoms with E-state index in [1.54, 1.807) is 6.26 Å². The number of nitrogens with zero attached hydrogens (tertiary/aromatic N) is 1. The lowest BCUT2D eigenvalue weighted by atomic mass is 10.2. The molecule has 2 aromatic rings. The monoisotopic (exact) mass is 373 g/mol. The lowest BCUT2D eigenvalue weighted by Gasteiger charge is -2.25. The van der Waals surface area contributed by atoms with Crippen molar-refractivity contribution in [3.63, 3.8) is 0 Å². The van der Waals surface area contributed by atoms with E-state index in [4.69, 9.17) is 18.6 Å². The van der Waals surface area contributed by atoms with Gasteiger partial charge in [-0.15, -0.1) is 0 Å². The van der Waals surface area contributed by atoms with E-state index in [9.17, 15) is 0 Å². The Morgan fingerprint density at radius 2 is 2.07 bits per heavy atom. The normalized spacial score (nSPS) is 16.2. The summed E-state index contributed by atoms with van der Waals surface area (Å²) in [5.74, 6) is 3.17. The molecule has 0 aliphatic carbocycles. The zero-order valence-corrected chi connectivity index (χ0v) is 15.6. The van der Waals surface area contributed by atoms with Gasteiger partial charge in [-0.25, -0.2) is 4.99 Å². The van der Waals surface area contributed by atoms with E-state index in [-0.39, 0.29) is 6.10 Å². The van der Waals surface area contributed by atoms with Crippen molar-refractivity contribution in [1.29, 1.82) is 0 Å². The van der Waals surface area contributed by atoms with Crippen LogP contribution in [0.25, 0.3) is 0 Å². The van der Waals surface area contributed by atoms with Gasteiger partial charge < -0.3 is 29.3 Å². The van der Waals surface area contributed by atoms with Crippen LogP contribution < -0.4 is 20.1 Å². The van der Waals surface area contributed by atoms with Crippen molar-refractivity contribution in [1.82, 2.24) is 10.6 Å². The summed E-state index contributed by atoms with van der Waals surface area (Å²) in [5, 5.41) is 6.55. The van der Waals surface area contributed by atoms with E-state index in [0.717, 1.165) is 42.7 Å². The summed E-state index contributed by atoms with van der Waals surface area (Å²) in [4.78, 5) is 4.60. The molecule has 2 heterocycles. The SMILES string of the molecule is CCNC(=NCC1COc2ccccc2O1)NCCCOCc1ccco1. The average Bonchev–Trinajstić information content (AvgIpc) is 3.22. The molecule has 7 nitrogen and oxygen atoms in total. The minimum absolute atomic E-state index is 0.0908. The Morgan fingerprint density at radius 1 is 1.19 bits per heavy atom. The Bertz CT molecular complexity index is 703. The quantitative estimate of drug-likeness (QED) is 0.400. The smallest absolute Gasteiger partial charge is 0.191 e. The van der Waals surface area contributed by atoms with Gasteiger partial charge in [0, 0.05) is 19.7 Å². The van der Waals surface area contributed by atoms with E-state index in [1.165, 1.54) is 0 Å². The molecular weight excluding hydrogens is 346 g/mol. The summed E-state index contributed by atoms with van der Waals surface area (Å²) >= 11 is 0. The van der Waals surface area contributed by atoms with Gasteiger partial charge in [-0.1, -0.05) is 12.1 Å². The third-order valence-corrected chi connectivity index (χ3v) is 3.95. The van der Waals surface area contributed by atoms with Crippen LogP contribution in [0.4, 0.5) is 0 Å². The summed E-state index contributed by atoms with van der Waals surface area (Å²) in [6, 6.07) is 11.5. The fourth-order valence-corrected chi connectivity index (χ4v) is 2.64. The fourth-order valence-electron chi connectivity index (χ4n) is 2.64. The molecule has 1 aliphatic rings. The summed E-state index contributed by atoms with van der Waals surface area (Å²) in [6.07, 6.45) is 2.44. The molecule has 0 bridgehead atoms. The van der Waals surface area contributed by atoms with Crippen molar-refractivity contribution in [3.8, 4) is 11.5 Å². The van der Waals surface area contributed by atoms with Crippen LogP contribution in [0.1, 0.15) is 19.1 Å². The standard InChI is InChI=1S/C20H27N3O4/c1-2-21-20(22-10-6-11-24-14-16-7-5-12-25-16)23-13-17-15-26-18-8-3-4-9-19(18)27-17/h3-5,7-9,12,17H,2,6,10-11,13-15H2,1H3,(H2,21,22,23). The first-order valence-corrected chi connectivity index (χ1v) is 9.36. The van der Waals surface area contributed by atoms with Crippen LogP contribution in [-0.2, 0) is 11.3 Å². The number of benzene rings is 1. The van der Waals surface area contributed by atoms with Crippen LogP contribution in [0, 0.1) is 0 Å². The van der Waals surface area contributed by atoms with E-state index >= 15 is 0 Å². The van der Waals surface area contributed by atoms with Crippen LogP contribution in [0.3, 0.4) is 0 Å². The first-order valence-electron chi connectivity index (χ1n) is 9.36. The summed E-state index contributed by atoms with van der Waals surface area (Å²) in [7, 11) is 0. The van der Waals surface area contributed by atoms with Gasteiger partial charge in [-0.05, 0) is 37.6 Å². The number of fused-ring (bicyclic) bond motifs is 1. The van der Waals surface area contributed by atoms with Crippen LogP contribution >= 0.6 is 0 Å². The minimum Gasteiger partial charge on any atom is -0.486 e. The van der Waals surface area contributed by atoms with Crippen molar-refractivity contribution in [3.05, 3.63) is 48.4 Å². The number of guanidine groups is 1. The lowest BCUT2D eigenvalue weighted by Crippen LogP contribution is -2.40. The largest absolute Gasteiger partial charge is 0.486 e. The maximum Gasteiger partial charge on any atom is 0.191 e. The predicted octanol–water partition coefficient (Wildman–Crippen LogP) is 2.58. The molecule has 3 rings (SSSR count). The van der Waals surface area contributed by atoms with Gasteiger partial charge in [0.25, 0.3) is 0 Å². The number of para-hydroxylation sites is 2. The molecule has 2 N–H and O–H groups in total. The second kappa shape index (κ2) is 10.5. The second-order valence-corrected chi connectivity index (χ2v) is 6.13. The lowest BCUT2D eigenvalue weighted by molar-refractivity contribution is 0.0970. The number of aliphatic imine (C=N–C) groups is 1. The highest BCUT2D eigenvalue weighted by Crippen LogP contribution is 2.30. The maximum atomic E-state index is 5.94. The van der Waals surface area contributed by atoms with Crippen molar-refractivity contribution in [2.45, 2.75) is 26.1 Å². The topological polar surface area (TPSA) is 77.3 Å². The zero-order valence-electron chi connectivity index (χ0n) is 15.6. The van der Waals surface area contributed by atoms with E-state index < -0.39 is 0 Å². The molecule has 27 heavy (non-hydrogen) atoms. The van der Waals surface area contributed by atoms with Gasteiger partial charge in [0.1, 0.15) is 19.0 Å². The van der Waals surface area contributed by atoms with Crippen LogP contribution in [0.15, 0.2) is 52.1 Å². The first-order chi connectivity index (χ1) is 13.3. The van der Waals surface area contributed by atoms with Gasteiger partial charge in [0.15, 0.2) is 23.6 Å². The Balaban J connectivity index is 1.36. The second-order valence-electron chi connectivity index (χ2n) is 6.13. The number of hydrogen-bond acceptors (Lipinski definition) is 5. The third-order valence-electron chi connectivity index (χ3n) is 3.95. The number of ether oxygens (including phenoxy) is 3. The highest BCUT2D eigenvalue weighted by Gasteiger charge is 2.20. The molecule has 7 heteroatoms. The molecule has 0 amide bonds. The number of hydrogen-bond donors (Lipinski definition) is 2. The molecule has 0 saturated carbocycles. The molecular formula is C20H27N3O4. The molecule has 1 aromatic heterocycles.